The van der Waals surface area contributed by atoms with Crippen molar-refractivity contribution in [3.05, 3.63) is 0 Å². The Morgan fingerprint density at radius 3 is 1.87 bits per heavy atom. The van der Waals surface area contributed by atoms with E-state index in [9.17, 15) is 9.59 Å². The van der Waals surface area contributed by atoms with E-state index in [4.69, 9.17) is 10.2 Å². The van der Waals surface area contributed by atoms with Crippen molar-refractivity contribution in [3.8, 4) is 0 Å². The van der Waals surface area contributed by atoms with Crippen LogP contribution in [0.5, 0.6) is 0 Å². The van der Waals surface area contributed by atoms with E-state index in [-0.39, 0.29) is 0 Å². The molecular formula is C9H18N2O4. The molecule has 2 amide bonds. The average Bonchev–Trinajstić information content (AvgIpc) is 2.12. The summed E-state index contributed by atoms with van der Waals surface area (Å²) in [6.45, 7) is 3.70. The lowest BCUT2D eigenvalue weighted by Crippen LogP contribution is -2.59. The zero-order valence-corrected chi connectivity index (χ0v) is 9.04. The number of nitrogens with one attached hydrogen (secondary N) is 2. The highest BCUT2D eigenvalue weighted by Crippen LogP contribution is 2.15. The lowest BCUT2D eigenvalue weighted by atomic mass is 9.99. The molecule has 6 nitrogen and oxygen atoms in total. The largest absolute Gasteiger partial charge is 0.465 e. The molecule has 0 aromatic heterocycles. The number of rotatable bonds is 6. The summed E-state index contributed by atoms with van der Waals surface area (Å²) in [6.07, 6.45) is 0.0339. The molecule has 0 atom stereocenters. The summed E-state index contributed by atoms with van der Waals surface area (Å²) in [5.74, 6) is 0. The second kappa shape index (κ2) is 6.10. The summed E-state index contributed by atoms with van der Waals surface area (Å²) in [5.41, 5.74) is -1.06. The van der Waals surface area contributed by atoms with Gasteiger partial charge in [0.25, 0.3) is 0 Å². The fourth-order valence-corrected chi connectivity index (χ4v) is 1.40. The Hall–Kier alpha value is -1.46. The van der Waals surface area contributed by atoms with Crippen LogP contribution in [0.1, 0.15) is 39.5 Å². The normalized spacial score (nSPS) is 10.8. The van der Waals surface area contributed by atoms with Crippen LogP contribution in [0, 0.1) is 0 Å². The van der Waals surface area contributed by atoms with Crippen LogP contribution in [-0.2, 0) is 0 Å². The third-order valence-corrected chi connectivity index (χ3v) is 2.25. The van der Waals surface area contributed by atoms with Gasteiger partial charge in [-0.05, 0) is 19.3 Å². The molecule has 0 spiro atoms. The molecule has 0 fully saturated rings. The SMILES string of the molecule is CCCCC(CC)(NC(=O)O)NC(=O)O. The molecule has 15 heavy (non-hydrogen) atoms. The van der Waals surface area contributed by atoms with E-state index in [1.807, 2.05) is 6.92 Å². The Bertz CT molecular complexity index is 214. The van der Waals surface area contributed by atoms with Gasteiger partial charge in [-0.25, -0.2) is 9.59 Å². The molecule has 0 radical (unpaired) electrons. The molecule has 0 aliphatic heterocycles. The number of unbranched alkanes of at least 4 members (excludes halogenated alkanes) is 1. The second-order valence-corrected chi connectivity index (χ2v) is 3.40. The van der Waals surface area contributed by atoms with Gasteiger partial charge in [-0.15, -0.1) is 0 Å². The monoisotopic (exact) mass is 218 g/mol. The number of amides is 2. The fraction of sp³-hybridized carbons (Fsp3) is 0.778. The minimum absolute atomic E-state index is 0.381. The van der Waals surface area contributed by atoms with Gasteiger partial charge >= 0.3 is 12.2 Å². The topological polar surface area (TPSA) is 98.7 Å². The molecule has 0 aliphatic rings. The summed E-state index contributed by atoms with van der Waals surface area (Å²) in [5, 5.41) is 21.8. The van der Waals surface area contributed by atoms with E-state index in [1.54, 1.807) is 6.92 Å². The first-order chi connectivity index (χ1) is 6.95. The third-order valence-electron chi connectivity index (χ3n) is 2.25. The molecule has 0 saturated carbocycles. The molecule has 0 aromatic rings. The quantitative estimate of drug-likeness (QED) is 0.511. The smallest absolute Gasteiger partial charge is 0.406 e. The highest BCUT2D eigenvalue weighted by molar-refractivity contribution is 5.69. The highest BCUT2D eigenvalue weighted by Gasteiger charge is 2.31. The van der Waals surface area contributed by atoms with Gasteiger partial charge in [0.15, 0.2) is 0 Å². The first-order valence-electron chi connectivity index (χ1n) is 4.98. The van der Waals surface area contributed by atoms with Crippen molar-refractivity contribution >= 4 is 12.2 Å². The maximum atomic E-state index is 10.6. The first-order valence-corrected chi connectivity index (χ1v) is 4.98. The van der Waals surface area contributed by atoms with E-state index < -0.39 is 17.8 Å². The van der Waals surface area contributed by atoms with Crippen LogP contribution in [0.2, 0.25) is 0 Å². The van der Waals surface area contributed by atoms with E-state index in [0.29, 0.717) is 12.8 Å². The van der Waals surface area contributed by atoms with Crippen molar-refractivity contribution in [3.63, 3.8) is 0 Å². The van der Waals surface area contributed by atoms with E-state index in [2.05, 4.69) is 10.6 Å². The molecule has 0 rings (SSSR count). The van der Waals surface area contributed by atoms with Crippen molar-refractivity contribution in [1.29, 1.82) is 0 Å². The Kier molecular flexibility index (Phi) is 5.51. The maximum Gasteiger partial charge on any atom is 0.406 e. The van der Waals surface area contributed by atoms with Crippen LogP contribution < -0.4 is 10.6 Å². The van der Waals surface area contributed by atoms with Crippen LogP contribution in [0.25, 0.3) is 0 Å². The van der Waals surface area contributed by atoms with E-state index >= 15 is 0 Å². The molecule has 4 N–H and O–H groups in total. The van der Waals surface area contributed by atoms with Gasteiger partial charge in [0.2, 0.25) is 0 Å². The molecule has 6 heteroatoms. The Balaban J connectivity index is 4.58. The van der Waals surface area contributed by atoms with Crippen LogP contribution in [0.3, 0.4) is 0 Å². The van der Waals surface area contributed by atoms with Crippen molar-refractivity contribution in [2.45, 2.75) is 45.2 Å². The Morgan fingerprint density at radius 2 is 1.60 bits per heavy atom. The van der Waals surface area contributed by atoms with Gasteiger partial charge in [0.05, 0.1) is 0 Å². The van der Waals surface area contributed by atoms with Crippen molar-refractivity contribution in [2.24, 2.45) is 0 Å². The lowest BCUT2D eigenvalue weighted by molar-refractivity contribution is 0.144. The molecule has 88 valence electrons. The fourth-order valence-electron chi connectivity index (χ4n) is 1.40. The summed E-state index contributed by atoms with van der Waals surface area (Å²) >= 11 is 0. The van der Waals surface area contributed by atoms with Crippen molar-refractivity contribution < 1.29 is 19.8 Å². The van der Waals surface area contributed by atoms with Gasteiger partial charge in [-0.2, -0.15) is 0 Å². The Labute approximate surface area is 88.7 Å². The minimum Gasteiger partial charge on any atom is -0.465 e. The van der Waals surface area contributed by atoms with Crippen LogP contribution >= 0.6 is 0 Å². The highest BCUT2D eigenvalue weighted by atomic mass is 16.4. The van der Waals surface area contributed by atoms with Gasteiger partial charge in [0, 0.05) is 0 Å². The molecular weight excluding hydrogens is 200 g/mol. The van der Waals surface area contributed by atoms with Crippen molar-refractivity contribution in [1.82, 2.24) is 10.6 Å². The van der Waals surface area contributed by atoms with E-state index in [0.717, 1.165) is 12.8 Å². The van der Waals surface area contributed by atoms with Crippen LogP contribution in [0.15, 0.2) is 0 Å². The van der Waals surface area contributed by atoms with Crippen LogP contribution in [-0.4, -0.2) is 28.1 Å². The number of hydrogen-bond donors (Lipinski definition) is 4. The zero-order chi connectivity index (χ0) is 11.9. The van der Waals surface area contributed by atoms with E-state index in [1.165, 1.54) is 0 Å². The van der Waals surface area contributed by atoms with Crippen molar-refractivity contribution in [2.75, 3.05) is 0 Å². The summed E-state index contributed by atoms with van der Waals surface area (Å²) < 4.78 is 0. The number of carboxylic acid groups (broad SMARTS) is 2. The van der Waals surface area contributed by atoms with Gasteiger partial charge in [-0.1, -0.05) is 20.3 Å². The first kappa shape index (κ1) is 13.5. The maximum absolute atomic E-state index is 10.6. The number of hydrogen-bond acceptors (Lipinski definition) is 2. The Morgan fingerprint density at radius 1 is 1.13 bits per heavy atom. The molecule has 0 aromatic carbocycles. The predicted molar refractivity (Wildman–Crippen MR) is 54.9 cm³/mol. The molecule has 0 bridgehead atoms. The summed E-state index contributed by atoms with van der Waals surface area (Å²) in [4.78, 5) is 21.1. The predicted octanol–water partition coefficient (Wildman–Crippen LogP) is 1.82. The van der Waals surface area contributed by atoms with Gasteiger partial charge in [-0.3, -0.25) is 10.6 Å². The molecule has 0 heterocycles. The van der Waals surface area contributed by atoms with Gasteiger partial charge in [0.1, 0.15) is 5.66 Å². The minimum atomic E-state index is -1.22. The summed E-state index contributed by atoms with van der Waals surface area (Å²) in [6, 6.07) is 0. The molecule has 0 unspecified atom stereocenters. The lowest BCUT2D eigenvalue weighted by Gasteiger charge is -2.32. The average molecular weight is 218 g/mol. The number of carbonyl (C=O) groups is 2. The van der Waals surface area contributed by atoms with Crippen LogP contribution in [0.4, 0.5) is 9.59 Å². The zero-order valence-electron chi connectivity index (χ0n) is 9.04. The summed E-state index contributed by atoms with van der Waals surface area (Å²) in [7, 11) is 0. The third kappa shape index (κ3) is 5.09. The molecule has 0 saturated heterocycles. The molecule has 0 aliphatic carbocycles. The standard InChI is InChI=1S/C9H18N2O4/c1-3-5-6-9(4-2,10-7(12)13)11-8(14)15/h10-11H,3-6H2,1-2H3,(H,12,13)(H,14,15). The second-order valence-electron chi connectivity index (χ2n) is 3.40. The van der Waals surface area contributed by atoms with Gasteiger partial charge < -0.3 is 10.2 Å².